The zero-order valence-electron chi connectivity index (χ0n) is 12.3. The van der Waals surface area contributed by atoms with Crippen LogP contribution in [-0.2, 0) is 4.74 Å². The van der Waals surface area contributed by atoms with E-state index >= 15 is 0 Å². The van der Waals surface area contributed by atoms with Crippen LogP contribution in [0.5, 0.6) is 11.5 Å². The van der Waals surface area contributed by atoms with Gasteiger partial charge < -0.3 is 14.2 Å². The Bertz CT molecular complexity index is 814. The first-order valence-electron chi connectivity index (χ1n) is 6.89. The number of nitro groups is 1. The second-order valence-corrected chi connectivity index (χ2v) is 4.87. The molecule has 8 heteroatoms. The van der Waals surface area contributed by atoms with Crippen LogP contribution in [0.2, 0.25) is 0 Å². The summed E-state index contributed by atoms with van der Waals surface area (Å²) in [5, 5.41) is 10.6. The molecule has 0 atom stereocenters. The number of benzene rings is 2. The van der Waals surface area contributed by atoms with E-state index in [0.717, 1.165) is 0 Å². The normalized spacial score (nSPS) is 11.8. The molecule has 0 saturated carbocycles. The van der Waals surface area contributed by atoms with Crippen molar-refractivity contribution in [2.75, 3.05) is 13.4 Å². The van der Waals surface area contributed by atoms with Gasteiger partial charge in [0.15, 0.2) is 23.9 Å². The molecule has 0 amide bonds. The molecule has 0 fully saturated rings. The molecule has 1 aliphatic heterocycles. The number of nitrogens with zero attached hydrogens (tertiary/aromatic N) is 1. The number of ketones is 1. The Morgan fingerprint density at radius 3 is 2.42 bits per heavy atom. The zero-order valence-corrected chi connectivity index (χ0v) is 12.3. The van der Waals surface area contributed by atoms with Crippen molar-refractivity contribution in [3.05, 3.63) is 63.7 Å². The Morgan fingerprint density at radius 2 is 1.71 bits per heavy atom. The van der Waals surface area contributed by atoms with Crippen molar-refractivity contribution in [2.24, 2.45) is 0 Å². The summed E-state index contributed by atoms with van der Waals surface area (Å²) < 4.78 is 15.3. The van der Waals surface area contributed by atoms with Crippen LogP contribution in [0.3, 0.4) is 0 Å². The van der Waals surface area contributed by atoms with Crippen molar-refractivity contribution in [1.82, 2.24) is 0 Å². The van der Waals surface area contributed by atoms with Gasteiger partial charge in [0.05, 0.1) is 10.5 Å². The fourth-order valence-corrected chi connectivity index (χ4v) is 2.09. The number of non-ortho nitro benzene ring substituents is 1. The molecular formula is C16H11NO7. The van der Waals surface area contributed by atoms with Crippen LogP contribution < -0.4 is 9.47 Å². The number of hydrogen-bond acceptors (Lipinski definition) is 7. The molecule has 0 aromatic heterocycles. The minimum absolute atomic E-state index is 0.0993. The number of fused-ring (bicyclic) bond motifs is 1. The molecule has 2 aromatic carbocycles. The molecule has 24 heavy (non-hydrogen) atoms. The van der Waals surface area contributed by atoms with Crippen molar-refractivity contribution >= 4 is 17.4 Å². The lowest BCUT2D eigenvalue weighted by Crippen LogP contribution is -2.14. The first kappa shape index (κ1) is 15.5. The quantitative estimate of drug-likeness (QED) is 0.359. The molecule has 0 aliphatic carbocycles. The summed E-state index contributed by atoms with van der Waals surface area (Å²) in [4.78, 5) is 33.9. The van der Waals surface area contributed by atoms with E-state index in [4.69, 9.17) is 14.2 Å². The number of rotatable bonds is 5. The number of carbonyl (C=O) groups is 2. The van der Waals surface area contributed by atoms with Crippen LogP contribution in [0.4, 0.5) is 5.69 Å². The average molecular weight is 329 g/mol. The van der Waals surface area contributed by atoms with Gasteiger partial charge in [0.1, 0.15) is 0 Å². The Labute approximate surface area is 135 Å². The largest absolute Gasteiger partial charge is 0.454 e. The monoisotopic (exact) mass is 329 g/mol. The molecule has 0 unspecified atom stereocenters. The van der Waals surface area contributed by atoms with Gasteiger partial charge in [0.25, 0.3) is 5.69 Å². The predicted octanol–water partition coefficient (Wildman–Crippen LogP) is 2.36. The van der Waals surface area contributed by atoms with E-state index < -0.39 is 23.3 Å². The zero-order chi connectivity index (χ0) is 17.1. The lowest BCUT2D eigenvalue weighted by atomic mass is 10.1. The van der Waals surface area contributed by atoms with Crippen molar-refractivity contribution < 1.29 is 28.7 Å². The molecule has 3 rings (SSSR count). The number of hydrogen-bond donors (Lipinski definition) is 0. The molecule has 0 radical (unpaired) electrons. The molecule has 1 heterocycles. The fourth-order valence-electron chi connectivity index (χ4n) is 2.09. The summed E-state index contributed by atoms with van der Waals surface area (Å²) in [5.41, 5.74) is 0.317. The van der Waals surface area contributed by atoms with Gasteiger partial charge in [-0.25, -0.2) is 4.79 Å². The minimum atomic E-state index is -0.737. The fraction of sp³-hybridized carbons (Fsp3) is 0.125. The van der Waals surface area contributed by atoms with Gasteiger partial charge in [-0.05, 0) is 30.3 Å². The minimum Gasteiger partial charge on any atom is -0.454 e. The summed E-state index contributed by atoms with van der Waals surface area (Å²) in [7, 11) is 0. The van der Waals surface area contributed by atoms with Crippen LogP contribution in [0.1, 0.15) is 20.7 Å². The van der Waals surface area contributed by atoms with E-state index in [0.29, 0.717) is 17.1 Å². The Hall–Kier alpha value is -3.42. The number of esters is 1. The molecule has 0 spiro atoms. The van der Waals surface area contributed by atoms with Crippen molar-refractivity contribution in [3.63, 3.8) is 0 Å². The smallest absolute Gasteiger partial charge is 0.338 e. The standard InChI is InChI=1S/C16H11NO7/c18-13(11-3-6-14-15(7-11)24-9-23-14)8-22-16(19)10-1-4-12(5-2-10)17(20)21/h1-7H,8-9H2. The highest BCUT2D eigenvalue weighted by molar-refractivity contribution is 5.99. The van der Waals surface area contributed by atoms with Crippen LogP contribution >= 0.6 is 0 Å². The van der Waals surface area contributed by atoms with Gasteiger partial charge in [0, 0.05) is 17.7 Å². The van der Waals surface area contributed by atoms with Crippen LogP contribution in [-0.4, -0.2) is 30.1 Å². The van der Waals surface area contributed by atoms with Gasteiger partial charge in [-0.3, -0.25) is 14.9 Å². The van der Waals surface area contributed by atoms with Crippen molar-refractivity contribution in [1.29, 1.82) is 0 Å². The maximum atomic E-state index is 12.1. The van der Waals surface area contributed by atoms with E-state index in [-0.39, 0.29) is 18.0 Å². The molecule has 0 saturated heterocycles. The van der Waals surface area contributed by atoms with E-state index in [1.165, 1.54) is 30.3 Å². The maximum Gasteiger partial charge on any atom is 0.338 e. The second-order valence-electron chi connectivity index (χ2n) is 4.87. The van der Waals surface area contributed by atoms with Crippen molar-refractivity contribution in [3.8, 4) is 11.5 Å². The van der Waals surface area contributed by atoms with E-state index in [1.54, 1.807) is 12.1 Å². The molecule has 0 bridgehead atoms. The molecule has 0 N–H and O–H groups in total. The molecule has 8 nitrogen and oxygen atoms in total. The van der Waals surface area contributed by atoms with E-state index in [2.05, 4.69) is 0 Å². The van der Waals surface area contributed by atoms with Crippen LogP contribution in [0.15, 0.2) is 42.5 Å². The summed E-state index contributed by atoms with van der Waals surface area (Å²) in [5.74, 6) is -0.125. The summed E-state index contributed by atoms with van der Waals surface area (Å²) >= 11 is 0. The predicted molar refractivity (Wildman–Crippen MR) is 80.3 cm³/mol. The molecule has 122 valence electrons. The Kier molecular flexibility index (Phi) is 4.11. The second kappa shape index (κ2) is 6.37. The van der Waals surface area contributed by atoms with E-state index in [1.807, 2.05) is 0 Å². The third kappa shape index (κ3) is 3.17. The first-order valence-corrected chi connectivity index (χ1v) is 6.89. The third-order valence-electron chi connectivity index (χ3n) is 3.34. The summed E-state index contributed by atoms with van der Waals surface area (Å²) in [6.45, 7) is -0.350. The van der Waals surface area contributed by atoms with Gasteiger partial charge in [-0.1, -0.05) is 0 Å². The van der Waals surface area contributed by atoms with Gasteiger partial charge in [0.2, 0.25) is 6.79 Å². The lowest BCUT2D eigenvalue weighted by Gasteiger charge is -2.05. The Balaban J connectivity index is 1.61. The number of ether oxygens (including phenoxy) is 3. The van der Waals surface area contributed by atoms with Crippen LogP contribution in [0, 0.1) is 10.1 Å². The maximum absolute atomic E-state index is 12.1. The Morgan fingerprint density at radius 1 is 1.04 bits per heavy atom. The van der Waals surface area contributed by atoms with Crippen molar-refractivity contribution in [2.45, 2.75) is 0 Å². The van der Waals surface area contributed by atoms with Gasteiger partial charge in [-0.2, -0.15) is 0 Å². The number of carbonyl (C=O) groups excluding carboxylic acids is 2. The highest BCUT2D eigenvalue weighted by Gasteiger charge is 2.18. The highest BCUT2D eigenvalue weighted by atomic mass is 16.7. The topological polar surface area (TPSA) is 105 Å². The summed E-state index contributed by atoms with van der Waals surface area (Å²) in [6.07, 6.45) is 0. The first-order chi connectivity index (χ1) is 11.5. The number of nitro benzene ring substituents is 1. The molecule has 2 aromatic rings. The molecule has 1 aliphatic rings. The van der Waals surface area contributed by atoms with Crippen LogP contribution in [0.25, 0.3) is 0 Å². The SMILES string of the molecule is O=C(COC(=O)c1ccc([N+](=O)[O-])cc1)c1ccc2c(c1)OCO2. The molecular weight excluding hydrogens is 318 g/mol. The lowest BCUT2D eigenvalue weighted by molar-refractivity contribution is -0.384. The highest BCUT2D eigenvalue weighted by Crippen LogP contribution is 2.32. The number of Topliss-reactive ketones (excluding diaryl/α,β-unsaturated/α-hetero) is 1. The summed E-state index contributed by atoms with van der Waals surface area (Å²) in [6, 6.07) is 9.59. The van der Waals surface area contributed by atoms with Gasteiger partial charge in [-0.15, -0.1) is 0 Å². The van der Waals surface area contributed by atoms with Gasteiger partial charge >= 0.3 is 5.97 Å². The average Bonchev–Trinajstić information content (AvgIpc) is 3.07. The van der Waals surface area contributed by atoms with E-state index in [9.17, 15) is 19.7 Å². The third-order valence-corrected chi connectivity index (χ3v) is 3.34.